The van der Waals surface area contributed by atoms with Gasteiger partial charge in [0.2, 0.25) is 0 Å². The van der Waals surface area contributed by atoms with E-state index in [1.807, 2.05) is 0 Å². The maximum absolute atomic E-state index is 14.0. The zero-order valence-corrected chi connectivity index (χ0v) is 16.0. The summed E-state index contributed by atoms with van der Waals surface area (Å²) in [6.45, 7) is 0. The lowest BCUT2D eigenvalue weighted by molar-refractivity contribution is 0.100. The summed E-state index contributed by atoms with van der Waals surface area (Å²) in [6, 6.07) is 19.6. The standard InChI is InChI=1S/C21H13BrFN3O2/c22-14-11-9-13(10-12-14)19-24-18-8-4-2-6-16(18)21(28)26(19)25-20(27)15-5-1-3-7-17(15)23/h1-12H,(H,25,27). The number of amides is 1. The molecule has 0 aliphatic heterocycles. The van der Waals surface area contributed by atoms with E-state index in [1.54, 1.807) is 54.6 Å². The van der Waals surface area contributed by atoms with Crippen molar-refractivity contribution in [2.45, 2.75) is 0 Å². The van der Waals surface area contributed by atoms with Gasteiger partial charge in [-0.15, -0.1) is 0 Å². The molecule has 7 heteroatoms. The Morgan fingerprint density at radius 1 is 0.964 bits per heavy atom. The molecule has 1 N–H and O–H groups in total. The Morgan fingerprint density at radius 3 is 2.39 bits per heavy atom. The molecule has 0 aliphatic rings. The maximum atomic E-state index is 14.0. The number of benzene rings is 3. The van der Waals surface area contributed by atoms with E-state index in [0.29, 0.717) is 16.5 Å². The molecule has 0 aliphatic carbocycles. The number of halogens is 2. The van der Waals surface area contributed by atoms with Crippen molar-refractivity contribution in [2.75, 3.05) is 5.43 Å². The van der Waals surface area contributed by atoms with Crippen molar-refractivity contribution in [2.24, 2.45) is 0 Å². The molecule has 138 valence electrons. The SMILES string of the molecule is O=C(Nn1c(-c2ccc(Br)cc2)nc2ccccc2c1=O)c1ccccc1F. The third kappa shape index (κ3) is 3.32. The lowest BCUT2D eigenvalue weighted by atomic mass is 10.2. The molecule has 4 aromatic rings. The van der Waals surface area contributed by atoms with E-state index in [1.165, 1.54) is 18.2 Å². The van der Waals surface area contributed by atoms with Crippen molar-refractivity contribution in [3.63, 3.8) is 0 Å². The summed E-state index contributed by atoms with van der Waals surface area (Å²) in [7, 11) is 0. The van der Waals surface area contributed by atoms with Gasteiger partial charge in [0.15, 0.2) is 5.82 Å². The number of nitrogens with zero attached hydrogens (tertiary/aromatic N) is 2. The quantitative estimate of drug-likeness (QED) is 0.518. The average Bonchev–Trinajstić information content (AvgIpc) is 2.71. The number of rotatable bonds is 3. The first-order valence-electron chi connectivity index (χ1n) is 8.38. The van der Waals surface area contributed by atoms with Crippen molar-refractivity contribution in [1.29, 1.82) is 0 Å². The second kappa shape index (κ2) is 7.36. The monoisotopic (exact) mass is 437 g/mol. The normalized spacial score (nSPS) is 10.8. The Morgan fingerprint density at radius 2 is 1.64 bits per heavy atom. The first-order chi connectivity index (χ1) is 13.5. The van der Waals surface area contributed by atoms with Crippen LogP contribution in [0.1, 0.15) is 10.4 Å². The molecule has 0 fully saturated rings. The zero-order valence-electron chi connectivity index (χ0n) is 14.4. The zero-order chi connectivity index (χ0) is 19.7. The second-order valence-corrected chi connectivity index (χ2v) is 6.94. The Kier molecular flexibility index (Phi) is 4.75. The van der Waals surface area contributed by atoms with Crippen LogP contribution in [-0.2, 0) is 0 Å². The molecular weight excluding hydrogens is 425 g/mol. The smallest absolute Gasteiger partial charge is 0.267 e. The molecular formula is C21H13BrFN3O2. The summed E-state index contributed by atoms with van der Waals surface area (Å²) in [5, 5.41) is 0.345. The molecule has 0 saturated heterocycles. The van der Waals surface area contributed by atoms with Crippen molar-refractivity contribution >= 4 is 32.7 Å². The Hall–Kier alpha value is -3.32. The molecule has 1 aromatic heterocycles. The second-order valence-electron chi connectivity index (χ2n) is 6.02. The maximum Gasteiger partial charge on any atom is 0.280 e. The van der Waals surface area contributed by atoms with E-state index in [-0.39, 0.29) is 11.4 Å². The average molecular weight is 438 g/mol. The minimum atomic E-state index is -0.740. The highest BCUT2D eigenvalue weighted by molar-refractivity contribution is 9.10. The summed E-state index contributed by atoms with van der Waals surface area (Å²) >= 11 is 3.37. The Labute approximate surface area is 167 Å². The number of hydrogen-bond acceptors (Lipinski definition) is 3. The lowest BCUT2D eigenvalue weighted by Crippen LogP contribution is -2.35. The molecule has 0 spiro atoms. The topological polar surface area (TPSA) is 64.0 Å². The first-order valence-corrected chi connectivity index (χ1v) is 9.17. The Bertz CT molecular complexity index is 1250. The highest BCUT2D eigenvalue weighted by atomic mass is 79.9. The molecule has 0 bridgehead atoms. The van der Waals surface area contributed by atoms with Crippen LogP contribution in [0.2, 0.25) is 0 Å². The predicted octanol–water partition coefficient (Wildman–Crippen LogP) is 4.35. The minimum absolute atomic E-state index is 0.163. The van der Waals surface area contributed by atoms with Gasteiger partial charge in [-0.05, 0) is 36.4 Å². The van der Waals surface area contributed by atoms with Gasteiger partial charge in [0.25, 0.3) is 11.5 Å². The third-order valence-corrected chi connectivity index (χ3v) is 4.74. The van der Waals surface area contributed by atoms with Crippen molar-refractivity contribution in [3.8, 4) is 11.4 Å². The fourth-order valence-corrected chi connectivity index (χ4v) is 3.10. The summed E-state index contributed by atoms with van der Waals surface area (Å²) in [5.74, 6) is -1.16. The van der Waals surface area contributed by atoms with E-state index in [0.717, 1.165) is 9.15 Å². The molecule has 0 atom stereocenters. The van der Waals surface area contributed by atoms with Gasteiger partial charge in [-0.2, -0.15) is 4.68 Å². The largest absolute Gasteiger partial charge is 0.280 e. The highest BCUT2D eigenvalue weighted by Gasteiger charge is 2.17. The molecule has 0 saturated carbocycles. The van der Waals surface area contributed by atoms with Gasteiger partial charge in [-0.25, -0.2) is 9.37 Å². The number of carbonyl (C=O) groups is 1. The van der Waals surface area contributed by atoms with Crippen LogP contribution in [0.5, 0.6) is 0 Å². The summed E-state index contributed by atoms with van der Waals surface area (Å²) in [5.41, 5.74) is 3.01. The van der Waals surface area contributed by atoms with Crippen LogP contribution < -0.4 is 11.0 Å². The predicted molar refractivity (Wildman–Crippen MR) is 109 cm³/mol. The van der Waals surface area contributed by atoms with Gasteiger partial charge in [-0.1, -0.05) is 52.3 Å². The van der Waals surface area contributed by atoms with Crippen molar-refractivity contribution in [1.82, 2.24) is 9.66 Å². The van der Waals surface area contributed by atoms with E-state index in [4.69, 9.17) is 0 Å². The summed E-state index contributed by atoms with van der Waals surface area (Å²) in [4.78, 5) is 30.2. The number of para-hydroxylation sites is 1. The molecule has 5 nitrogen and oxygen atoms in total. The van der Waals surface area contributed by atoms with Crippen LogP contribution in [0.3, 0.4) is 0 Å². The Balaban J connectivity index is 1.90. The van der Waals surface area contributed by atoms with Crippen LogP contribution in [0.15, 0.2) is 82.1 Å². The summed E-state index contributed by atoms with van der Waals surface area (Å²) in [6.07, 6.45) is 0. The molecule has 0 unspecified atom stereocenters. The summed E-state index contributed by atoms with van der Waals surface area (Å²) < 4.78 is 15.9. The number of nitrogens with one attached hydrogen (secondary N) is 1. The van der Waals surface area contributed by atoms with Crippen LogP contribution in [0.4, 0.5) is 4.39 Å². The van der Waals surface area contributed by atoms with E-state index >= 15 is 0 Å². The fraction of sp³-hybridized carbons (Fsp3) is 0. The first kappa shape index (κ1) is 18.1. The third-order valence-electron chi connectivity index (χ3n) is 4.21. The number of fused-ring (bicyclic) bond motifs is 1. The highest BCUT2D eigenvalue weighted by Crippen LogP contribution is 2.21. The van der Waals surface area contributed by atoms with Crippen LogP contribution in [0, 0.1) is 5.82 Å². The number of hydrogen-bond donors (Lipinski definition) is 1. The van der Waals surface area contributed by atoms with E-state index in [9.17, 15) is 14.0 Å². The molecule has 4 rings (SSSR count). The van der Waals surface area contributed by atoms with Crippen LogP contribution >= 0.6 is 15.9 Å². The van der Waals surface area contributed by atoms with Crippen LogP contribution in [-0.4, -0.2) is 15.6 Å². The lowest BCUT2D eigenvalue weighted by Gasteiger charge is -2.15. The molecule has 1 heterocycles. The van der Waals surface area contributed by atoms with Gasteiger partial charge in [0, 0.05) is 10.0 Å². The van der Waals surface area contributed by atoms with Crippen molar-refractivity contribution < 1.29 is 9.18 Å². The van der Waals surface area contributed by atoms with Gasteiger partial charge in [0.1, 0.15) is 5.82 Å². The van der Waals surface area contributed by atoms with Gasteiger partial charge in [0.05, 0.1) is 16.5 Å². The molecule has 1 amide bonds. The molecule has 3 aromatic carbocycles. The molecule has 28 heavy (non-hydrogen) atoms. The van der Waals surface area contributed by atoms with Crippen molar-refractivity contribution in [3.05, 3.63) is 99.0 Å². The van der Waals surface area contributed by atoms with Crippen LogP contribution in [0.25, 0.3) is 22.3 Å². The van der Waals surface area contributed by atoms with E-state index in [2.05, 4.69) is 26.3 Å². The van der Waals surface area contributed by atoms with Gasteiger partial charge in [-0.3, -0.25) is 15.0 Å². The number of carbonyl (C=O) groups excluding carboxylic acids is 1. The molecule has 0 radical (unpaired) electrons. The van der Waals surface area contributed by atoms with Gasteiger partial charge >= 0.3 is 0 Å². The van der Waals surface area contributed by atoms with Gasteiger partial charge < -0.3 is 0 Å². The minimum Gasteiger partial charge on any atom is -0.267 e. The number of aromatic nitrogens is 2. The van der Waals surface area contributed by atoms with E-state index < -0.39 is 17.3 Å². The fourth-order valence-electron chi connectivity index (χ4n) is 2.84.